The summed E-state index contributed by atoms with van der Waals surface area (Å²) in [5.41, 5.74) is 0.523. The Morgan fingerprint density at radius 3 is 2.75 bits per heavy atom. The van der Waals surface area contributed by atoms with E-state index >= 15 is 0 Å². The number of rotatable bonds is 4. The van der Waals surface area contributed by atoms with E-state index in [-0.39, 0.29) is 18.1 Å². The normalized spacial score (nSPS) is 14.5. The summed E-state index contributed by atoms with van der Waals surface area (Å²) in [7, 11) is 0. The third-order valence-electron chi connectivity index (χ3n) is 3.51. The van der Waals surface area contributed by atoms with Crippen molar-refractivity contribution in [3.05, 3.63) is 42.2 Å². The zero-order valence-electron chi connectivity index (χ0n) is 12.8. The number of halogens is 1. The van der Waals surface area contributed by atoms with Gasteiger partial charge >= 0.3 is 0 Å². The van der Waals surface area contributed by atoms with Crippen molar-refractivity contribution in [3.8, 4) is 0 Å². The molecule has 0 unspecified atom stereocenters. The van der Waals surface area contributed by atoms with Crippen LogP contribution >= 0.6 is 0 Å². The summed E-state index contributed by atoms with van der Waals surface area (Å²) in [6.45, 7) is 2.30. The molecule has 2 aromatic rings. The molecule has 2 aromatic heterocycles. The van der Waals surface area contributed by atoms with E-state index in [0.717, 1.165) is 12.3 Å². The second-order valence-electron chi connectivity index (χ2n) is 5.24. The number of anilines is 1. The quantitative estimate of drug-likeness (QED) is 0.881. The van der Waals surface area contributed by atoms with Crippen molar-refractivity contribution in [1.82, 2.24) is 19.7 Å². The summed E-state index contributed by atoms with van der Waals surface area (Å²) in [5, 5.41) is 6.65. The molecule has 3 heterocycles. The van der Waals surface area contributed by atoms with Gasteiger partial charge in [0, 0.05) is 19.3 Å². The molecule has 1 saturated heterocycles. The van der Waals surface area contributed by atoms with Crippen LogP contribution in [0.5, 0.6) is 0 Å². The van der Waals surface area contributed by atoms with Gasteiger partial charge < -0.3 is 15.0 Å². The maximum absolute atomic E-state index is 12.8. The Labute approximate surface area is 137 Å². The van der Waals surface area contributed by atoms with Gasteiger partial charge in [0.05, 0.1) is 31.3 Å². The number of aromatic nitrogens is 3. The highest BCUT2D eigenvalue weighted by Crippen LogP contribution is 2.08. The average Bonchev–Trinajstić information content (AvgIpc) is 3.03. The minimum atomic E-state index is -0.513. The molecule has 126 valence electrons. The molecule has 1 aliphatic heterocycles. The van der Waals surface area contributed by atoms with Crippen LogP contribution in [-0.4, -0.2) is 57.8 Å². The fraction of sp³-hybridized carbons (Fsp3) is 0.333. The number of hydrogen-bond acceptors (Lipinski definition) is 5. The van der Waals surface area contributed by atoms with Crippen LogP contribution in [-0.2, 0) is 16.1 Å². The predicted octanol–water partition coefficient (Wildman–Crippen LogP) is 0.528. The van der Waals surface area contributed by atoms with E-state index in [2.05, 4.69) is 15.4 Å². The van der Waals surface area contributed by atoms with E-state index in [1.807, 2.05) is 0 Å². The van der Waals surface area contributed by atoms with Crippen molar-refractivity contribution in [2.75, 3.05) is 31.6 Å². The van der Waals surface area contributed by atoms with E-state index in [9.17, 15) is 14.0 Å². The monoisotopic (exact) mass is 333 g/mol. The van der Waals surface area contributed by atoms with E-state index < -0.39 is 11.7 Å². The molecule has 0 spiro atoms. The summed E-state index contributed by atoms with van der Waals surface area (Å²) < 4.78 is 19.5. The standard InChI is InChI=1S/C15H16FN5O3/c16-11-1-2-13(17-7-11)15(23)19-12-8-18-21(9-12)10-14(22)20-3-5-24-6-4-20/h1-2,7-9H,3-6,10H2,(H,19,23). The van der Waals surface area contributed by atoms with Gasteiger partial charge in [0.25, 0.3) is 5.91 Å². The second-order valence-corrected chi connectivity index (χ2v) is 5.24. The fourth-order valence-electron chi connectivity index (χ4n) is 2.27. The maximum Gasteiger partial charge on any atom is 0.274 e. The Kier molecular flexibility index (Phi) is 4.80. The summed E-state index contributed by atoms with van der Waals surface area (Å²) in [6.07, 6.45) is 3.97. The second kappa shape index (κ2) is 7.18. The molecule has 0 saturated carbocycles. The Morgan fingerprint density at radius 2 is 2.04 bits per heavy atom. The number of hydrogen-bond donors (Lipinski definition) is 1. The van der Waals surface area contributed by atoms with Crippen LogP contribution in [0.4, 0.5) is 10.1 Å². The molecule has 3 rings (SSSR count). The van der Waals surface area contributed by atoms with Gasteiger partial charge in [-0.05, 0) is 12.1 Å². The van der Waals surface area contributed by atoms with Crippen molar-refractivity contribution in [1.29, 1.82) is 0 Å². The number of nitrogens with zero attached hydrogens (tertiary/aromatic N) is 4. The molecule has 0 aromatic carbocycles. The molecule has 24 heavy (non-hydrogen) atoms. The zero-order chi connectivity index (χ0) is 16.9. The van der Waals surface area contributed by atoms with Crippen LogP contribution in [0.2, 0.25) is 0 Å². The summed E-state index contributed by atoms with van der Waals surface area (Å²) in [4.78, 5) is 29.5. The molecule has 9 heteroatoms. The number of ether oxygens (including phenoxy) is 1. The molecule has 0 aliphatic carbocycles. The first-order chi connectivity index (χ1) is 11.6. The molecule has 0 atom stereocenters. The number of carbonyl (C=O) groups is 2. The highest BCUT2D eigenvalue weighted by atomic mass is 19.1. The molecule has 1 fully saturated rings. The first kappa shape index (κ1) is 16.1. The largest absolute Gasteiger partial charge is 0.378 e. The molecule has 8 nitrogen and oxygen atoms in total. The highest BCUT2D eigenvalue weighted by molar-refractivity contribution is 6.02. The predicted molar refractivity (Wildman–Crippen MR) is 81.8 cm³/mol. The number of carbonyl (C=O) groups excluding carboxylic acids is 2. The summed E-state index contributed by atoms with van der Waals surface area (Å²) >= 11 is 0. The lowest BCUT2D eigenvalue weighted by Gasteiger charge is -2.26. The summed E-state index contributed by atoms with van der Waals surface area (Å²) in [6, 6.07) is 2.45. The molecular formula is C15H16FN5O3. The maximum atomic E-state index is 12.8. The van der Waals surface area contributed by atoms with Crippen LogP contribution in [0.25, 0.3) is 0 Å². The van der Waals surface area contributed by atoms with Gasteiger partial charge in [-0.1, -0.05) is 0 Å². The minimum absolute atomic E-state index is 0.0560. The third kappa shape index (κ3) is 3.93. The molecule has 0 radical (unpaired) electrons. The minimum Gasteiger partial charge on any atom is -0.378 e. The molecule has 1 N–H and O–H groups in total. The third-order valence-corrected chi connectivity index (χ3v) is 3.51. The molecule has 2 amide bonds. The SMILES string of the molecule is O=C(Nc1cnn(CC(=O)N2CCOCC2)c1)c1ccc(F)cn1. The first-order valence-corrected chi connectivity index (χ1v) is 7.43. The van der Waals surface area contributed by atoms with Crippen molar-refractivity contribution < 1.29 is 18.7 Å². The highest BCUT2D eigenvalue weighted by Gasteiger charge is 2.17. The summed E-state index contributed by atoms with van der Waals surface area (Å²) in [5.74, 6) is -1.05. The first-order valence-electron chi connectivity index (χ1n) is 7.43. The van der Waals surface area contributed by atoms with Gasteiger partial charge in [0.1, 0.15) is 18.1 Å². The van der Waals surface area contributed by atoms with Gasteiger partial charge in [-0.2, -0.15) is 5.10 Å². The van der Waals surface area contributed by atoms with E-state index in [0.29, 0.717) is 32.0 Å². The van der Waals surface area contributed by atoms with E-state index in [1.165, 1.54) is 16.9 Å². The number of morpholine rings is 1. The van der Waals surface area contributed by atoms with Crippen molar-refractivity contribution in [2.24, 2.45) is 0 Å². The van der Waals surface area contributed by atoms with Gasteiger partial charge in [0.15, 0.2) is 0 Å². The van der Waals surface area contributed by atoms with Gasteiger partial charge in [-0.3, -0.25) is 14.3 Å². The van der Waals surface area contributed by atoms with Crippen LogP contribution in [0.1, 0.15) is 10.5 Å². The topological polar surface area (TPSA) is 89.4 Å². The average molecular weight is 333 g/mol. The Hall–Kier alpha value is -2.81. The Balaban J connectivity index is 1.57. The number of nitrogens with one attached hydrogen (secondary N) is 1. The van der Waals surface area contributed by atoms with Crippen LogP contribution in [0.15, 0.2) is 30.7 Å². The van der Waals surface area contributed by atoms with E-state index in [4.69, 9.17) is 4.74 Å². The Bertz CT molecular complexity index is 725. The van der Waals surface area contributed by atoms with Gasteiger partial charge in [-0.25, -0.2) is 9.37 Å². The lowest BCUT2D eigenvalue weighted by Crippen LogP contribution is -2.42. The van der Waals surface area contributed by atoms with Crippen LogP contribution in [0.3, 0.4) is 0 Å². The molecular weight excluding hydrogens is 317 g/mol. The molecule has 1 aliphatic rings. The van der Waals surface area contributed by atoms with Gasteiger partial charge in [-0.15, -0.1) is 0 Å². The Morgan fingerprint density at radius 1 is 1.25 bits per heavy atom. The lowest BCUT2D eigenvalue weighted by atomic mass is 10.3. The smallest absolute Gasteiger partial charge is 0.274 e. The number of amides is 2. The lowest BCUT2D eigenvalue weighted by molar-refractivity contribution is -0.136. The van der Waals surface area contributed by atoms with Crippen LogP contribution < -0.4 is 5.32 Å². The number of pyridine rings is 1. The van der Waals surface area contributed by atoms with Crippen molar-refractivity contribution in [2.45, 2.75) is 6.54 Å². The van der Waals surface area contributed by atoms with Crippen LogP contribution in [0, 0.1) is 5.82 Å². The fourth-order valence-corrected chi connectivity index (χ4v) is 2.27. The van der Waals surface area contributed by atoms with Crippen molar-refractivity contribution >= 4 is 17.5 Å². The van der Waals surface area contributed by atoms with Gasteiger partial charge in [0.2, 0.25) is 5.91 Å². The zero-order valence-corrected chi connectivity index (χ0v) is 12.8. The molecule has 0 bridgehead atoms. The van der Waals surface area contributed by atoms with Crippen molar-refractivity contribution in [3.63, 3.8) is 0 Å². The van der Waals surface area contributed by atoms with E-state index in [1.54, 1.807) is 11.1 Å².